The number of aliphatic hydroxyl groups excluding tert-OH is 1. The highest BCUT2D eigenvalue weighted by molar-refractivity contribution is 14.0. The van der Waals surface area contributed by atoms with Gasteiger partial charge in [-0.2, -0.15) is 0 Å². The molecular weight excluding hydrogens is 429 g/mol. The van der Waals surface area contributed by atoms with Gasteiger partial charge in [0, 0.05) is 31.2 Å². The highest BCUT2D eigenvalue weighted by Crippen LogP contribution is 2.22. The van der Waals surface area contributed by atoms with E-state index in [0.717, 1.165) is 43.2 Å². The van der Waals surface area contributed by atoms with Crippen molar-refractivity contribution < 1.29 is 9.84 Å². The summed E-state index contributed by atoms with van der Waals surface area (Å²) in [5.41, 5.74) is 1.06. The second-order valence-corrected chi connectivity index (χ2v) is 5.74. The molecule has 1 aliphatic rings. The molecule has 1 aromatic rings. The summed E-state index contributed by atoms with van der Waals surface area (Å²) in [6.07, 6.45) is 1.32. The van der Waals surface area contributed by atoms with Crippen LogP contribution in [0.2, 0.25) is 5.02 Å². The van der Waals surface area contributed by atoms with E-state index in [1.165, 1.54) is 0 Å². The van der Waals surface area contributed by atoms with Crippen LogP contribution < -0.4 is 10.1 Å². The van der Waals surface area contributed by atoms with Crippen molar-refractivity contribution in [2.75, 3.05) is 33.3 Å². The maximum Gasteiger partial charge on any atom is 0.194 e. The predicted octanol–water partition coefficient (Wildman–Crippen LogP) is 2.54. The molecule has 1 aliphatic heterocycles. The lowest BCUT2D eigenvalue weighted by Gasteiger charge is -2.21. The van der Waals surface area contributed by atoms with E-state index < -0.39 is 0 Å². The van der Waals surface area contributed by atoms with E-state index in [9.17, 15) is 5.11 Å². The predicted molar refractivity (Wildman–Crippen MR) is 105 cm³/mol. The third-order valence-corrected chi connectivity index (χ3v) is 4.05. The topological polar surface area (TPSA) is 57.1 Å². The molecular formula is C16H25ClIN3O2. The molecule has 0 spiro atoms. The Morgan fingerprint density at radius 2 is 2.30 bits per heavy atom. The molecule has 23 heavy (non-hydrogen) atoms. The number of ether oxygens (including phenoxy) is 1. The van der Waals surface area contributed by atoms with Crippen molar-refractivity contribution in [3.63, 3.8) is 0 Å². The van der Waals surface area contributed by atoms with E-state index in [1.54, 1.807) is 7.11 Å². The number of nitrogens with zero attached hydrogens (tertiary/aromatic N) is 2. The number of hydrogen-bond donors (Lipinski definition) is 2. The van der Waals surface area contributed by atoms with E-state index in [-0.39, 0.29) is 30.1 Å². The third kappa shape index (κ3) is 6.00. The molecule has 2 N–H and O–H groups in total. The van der Waals surface area contributed by atoms with Crippen LogP contribution >= 0.6 is 35.6 Å². The van der Waals surface area contributed by atoms with Gasteiger partial charge in [0.2, 0.25) is 0 Å². The summed E-state index contributed by atoms with van der Waals surface area (Å²) in [5, 5.41) is 13.6. The summed E-state index contributed by atoms with van der Waals surface area (Å²) in [6.45, 7) is 5.00. The highest BCUT2D eigenvalue weighted by atomic mass is 127. The lowest BCUT2D eigenvalue weighted by molar-refractivity contribution is 0.188. The summed E-state index contributed by atoms with van der Waals surface area (Å²) in [5.74, 6) is 1.63. The molecule has 0 aliphatic carbocycles. The number of hydrogen-bond acceptors (Lipinski definition) is 3. The third-order valence-electron chi connectivity index (χ3n) is 3.70. The van der Waals surface area contributed by atoms with Gasteiger partial charge in [-0.05, 0) is 37.5 Å². The van der Waals surface area contributed by atoms with Gasteiger partial charge in [0.15, 0.2) is 5.96 Å². The second kappa shape index (κ2) is 10.2. The average molecular weight is 454 g/mol. The zero-order valence-electron chi connectivity index (χ0n) is 13.6. The van der Waals surface area contributed by atoms with Crippen LogP contribution in [0, 0.1) is 0 Å². The van der Waals surface area contributed by atoms with E-state index in [1.807, 2.05) is 25.1 Å². The zero-order chi connectivity index (χ0) is 15.9. The first-order valence-electron chi connectivity index (χ1n) is 7.67. The van der Waals surface area contributed by atoms with Crippen molar-refractivity contribution in [2.45, 2.75) is 25.9 Å². The largest absolute Gasteiger partial charge is 0.497 e. The molecule has 0 radical (unpaired) electrons. The number of halogens is 2. The van der Waals surface area contributed by atoms with Gasteiger partial charge in [-0.1, -0.05) is 17.7 Å². The lowest BCUT2D eigenvalue weighted by atomic mass is 10.1. The van der Waals surface area contributed by atoms with Crippen LogP contribution in [0.3, 0.4) is 0 Å². The Bertz CT molecular complexity index is 528. The monoisotopic (exact) mass is 453 g/mol. The van der Waals surface area contributed by atoms with Gasteiger partial charge in [0.05, 0.1) is 13.2 Å². The number of aliphatic hydroxyl groups is 1. The number of benzene rings is 1. The molecule has 0 amide bonds. The Morgan fingerprint density at radius 3 is 2.87 bits per heavy atom. The first-order valence-corrected chi connectivity index (χ1v) is 8.05. The Morgan fingerprint density at radius 1 is 1.52 bits per heavy atom. The molecule has 7 heteroatoms. The molecule has 130 valence electrons. The van der Waals surface area contributed by atoms with E-state index in [4.69, 9.17) is 16.3 Å². The van der Waals surface area contributed by atoms with Crippen molar-refractivity contribution in [3.8, 4) is 5.75 Å². The average Bonchev–Trinajstić information content (AvgIpc) is 2.94. The first-order chi connectivity index (χ1) is 10.6. The quantitative estimate of drug-likeness (QED) is 0.409. The van der Waals surface area contributed by atoms with Crippen LogP contribution in [-0.4, -0.2) is 55.4 Å². The Hall–Kier alpha value is -0.730. The fourth-order valence-electron chi connectivity index (χ4n) is 2.50. The summed E-state index contributed by atoms with van der Waals surface area (Å²) >= 11 is 6.24. The molecule has 0 unspecified atom stereocenters. The van der Waals surface area contributed by atoms with Gasteiger partial charge >= 0.3 is 0 Å². The fraction of sp³-hybridized carbons (Fsp3) is 0.562. The minimum Gasteiger partial charge on any atom is -0.497 e. The van der Waals surface area contributed by atoms with E-state index in [0.29, 0.717) is 18.1 Å². The number of nitrogens with one attached hydrogen (secondary N) is 1. The van der Waals surface area contributed by atoms with Gasteiger partial charge < -0.3 is 20.1 Å². The summed E-state index contributed by atoms with van der Waals surface area (Å²) in [6, 6.07) is 5.71. The SMILES string of the molecule is CCNC(=NCCc1ccc(OC)cc1Cl)N1CC[C@@H](O)C1.I. The van der Waals surface area contributed by atoms with Crippen molar-refractivity contribution in [3.05, 3.63) is 28.8 Å². The van der Waals surface area contributed by atoms with Crippen LogP contribution in [0.5, 0.6) is 5.75 Å². The highest BCUT2D eigenvalue weighted by Gasteiger charge is 2.22. The summed E-state index contributed by atoms with van der Waals surface area (Å²) in [7, 11) is 1.63. The maximum atomic E-state index is 9.65. The van der Waals surface area contributed by atoms with Crippen LogP contribution in [0.4, 0.5) is 0 Å². The van der Waals surface area contributed by atoms with Gasteiger partial charge in [0.25, 0.3) is 0 Å². The first kappa shape index (κ1) is 20.3. The van der Waals surface area contributed by atoms with Gasteiger partial charge in [0.1, 0.15) is 5.75 Å². The van der Waals surface area contributed by atoms with Crippen LogP contribution in [0.1, 0.15) is 18.9 Å². The Labute approximate surface area is 160 Å². The number of methoxy groups -OCH3 is 1. The molecule has 0 saturated carbocycles. The van der Waals surface area contributed by atoms with Crippen molar-refractivity contribution >= 4 is 41.5 Å². The van der Waals surface area contributed by atoms with Crippen LogP contribution in [0.15, 0.2) is 23.2 Å². The number of β-amino-alcohol motifs (C(OH)–C–C–N with tert-alkyl or cyclic N) is 1. The van der Waals surface area contributed by atoms with Crippen molar-refractivity contribution in [1.82, 2.24) is 10.2 Å². The fourth-order valence-corrected chi connectivity index (χ4v) is 2.77. The number of likely N-dealkylation sites (tertiary alicyclic amines) is 1. The number of aliphatic imine (C=N–C) groups is 1. The molecule has 0 bridgehead atoms. The number of guanidine groups is 1. The molecule has 1 aromatic carbocycles. The smallest absolute Gasteiger partial charge is 0.194 e. The summed E-state index contributed by atoms with van der Waals surface area (Å²) in [4.78, 5) is 6.74. The minimum absolute atomic E-state index is 0. The normalized spacial score (nSPS) is 17.8. The molecule has 1 atom stereocenters. The molecule has 1 saturated heterocycles. The molecule has 1 heterocycles. The van der Waals surface area contributed by atoms with E-state index >= 15 is 0 Å². The van der Waals surface area contributed by atoms with E-state index in [2.05, 4.69) is 15.2 Å². The molecule has 1 fully saturated rings. The number of rotatable bonds is 5. The molecule has 2 rings (SSSR count). The van der Waals surface area contributed by atoms with Gasteiger partial charge in [-0.3, -0.25) is 4.99 Å². The van der Waals surface area contributed by atoms with Crippen LogP contribution in [-0.2, 0) is 6.42 Å². The van der Waals surface area contributed by atoms with Gasteiger partial charge in [-0.15, -0.1) is 24.0 Å². The molecule has 0 aromatic heterocycles. The standard InChI is InChI=1S/C16H24ClN3O2.HI/c1-3-18-16(20-9-7-13(21)11-20)19-8-6-12-4-5-14(22-2)10-15(12)17;/h4-5,10,13,21H,3,6-9,11H2,1-2H3,(H,18,19);1H/t13-;/m1./s1. The Kier molecular flexibility index (Phi) is 9.01. The zero-order valence-corrected chi connectivity index (χ0v) is 16.7. The van der Waals surface area contributed by atoms with Crippen LogP contribution in [0.25, 0.3) is 0 Å². The van der Waals surface area contributed by atoms with Crippen molar-refractivity contribution in [1.29, 1.82) is 0 Å². The maximum absolute atomic E-state index is 9.65. The Balaban J connectivity index is 0.00000264. The summed E-state index contributed by atoms with van der Waals surface area (Å²) < 4.78 is 5.15. The second-order valence-electron chi connectivity index (χ2n) is 5.33. The minimum atomic E-state index is -0.250. The van der Waals surface area contributed by atoms with Crippen molar-refractivity contribution in [2.24, 2.45) is 4.99 Å². The molecule has 5 nitrogen and oxygen atoms in total. The van der Waals surface area contributed by atoms with Gasteiger partial charge in [-0.25, -0.2) is 0 Å². The lowest BCUT2D eigenvalue weighted by Crippen LogP contribution is -2.40.